The fraction of sp³-hybridized carbons (Fsp3) is 0.185. The van der Waals surface area contributed by atoms with Gasteiger partial charge < -0.3 is 19.8 Å². The van der Waals surface area contributed by atoms with Crippen LogP contribution in [0.3, 0.4) is 0 Å². The first-order valence-electron chi connectivity index (χ1n) is 12.0. The first-order chi connectivity index (χ1) is 17.7. The van der Waals surface area contributed by atoms with E-state index in [2.05, 4.69) is 36.5 Å². The first kappa shape index (κ1) is 20.8. The largest absolute Gasteiger partial charge is 0.472 e. The van der Waals surface area contributed by atoms with Crippen LogP contribution >= 0.6 is 0 Å². The Morgan fingerprint density at radius 3 is 2.72 bits per heavy atom. The number of hydrogen-bond donors (Lipinski definition) is 4. The summed E-state index contributed by atoms with van der Waals surface area (Å²) in [5, 5.41) is 22.2. The quantitative estimate of drug-likeness (QED) is 0.238. The van der Waals surface area contributed by atoms with Crippen LogP contribution < -0.4 is 5.32 Å². The molecule has 9 heteroatoms. The third kappa shape index (κ3) is 3.52. The van der Waals surface area contributed by atoms with Crippen LogP contribution in [0, 0.1) is 5.92 Å². The number of nitrogens with one attached hydrogen (secondary N) is 3. The number of aromatic nitrogens is 6. The van der Waals surface area contributed by atoms with Crippen molar-refractivity contribution in [2.45, 2.75) is 25.5 Å². The van der Waals surface area contributed by atoms with E-state index in [4.69, 9.17) is 9.40 Å². The summed E-state index contributed by atoms with van der Waals surface area (Å²) >= 11 is 0. The molecule has 178 valence electrons. The molecule has 1 atom stereocenters. The Labute approximate surface area is 205 Å². The van der Waals surface area contributed by atoms with Gasteiger partial charge in [-0.05, 0) is 42.7 Å². The van der Waals surface area contributed by atoms with E-state index in [1.165, 1.54) is 6.42 Å². The molecule has 1 aliphatic rings. The van der Waals surface area contributed by atoms with E-state index >= 15 is 0 Å². The predicted octanol–water partition coefficient (Wildman–Crippen LogP) is 5.35. The molecule has 1 aromatic carbocycles. The molecule has 1 aliphatic carbocycles. The van der Waals surface area contributed by atoms with E-state index in [0.29, 0.717) is 11.7 Å². The summed E-state index contributed by atoms with van der Waals surface area (Å²) < 4.78 is 5.25. The average Bonchev–Trinajstić information content (AvgIpc) is 3.61. The number of furan rings is 1. The molecule has 7 rings (SSSR count). The third-order valence-electron chi connectivity index (χ3n) is 7.00. The van der Waals surface area contributed by atoms with Crippen LogP contribution in [0.4, 0.5) is 5.69 Å². The third-order valence-corrected chi connectivity index (χ3v) is 7.00. The highest BCUT2D eigenvalue weighted by Crippen LogP contribution is 2.34. The monoisotopic (exact) mass is 477 g/mol. The predicted molar refractivity (Wildman–Crippen MR) is 137 cm³/mol. The van der Waals surface area contributed by atoms with Crippen molar-refractivity contribution in [1.29, 1.82) is 0 Å². The van der Waals surface area contributed by atoms with Crippen LogP contribution in [0.15, 0.2) is 72.1 Å². The maximum absolute atomic E-state index is 10.4. The summed E-state index contributed by atoms with van der Waals surface area (Å²) in [6, 6.07) is 10.0. The summed E-state index contributed by atoms with van der Waals surface area (Å²) in [6.07, 6.45) is 13.2. The number of anilines is 1. The van der Waals surface area contributed by atoms with E-state index in [-0.39, 0.29) is 0 Å². The molecule has 6 aromatic rings. The number of H-pyrrole nitrogens is 2. The number of nitrogens with zero attached hydrogens (tertiary/aromatic N) is 4. The van der Waals surface area contributed by atoms with Crippen molar-refractivity contribution in [3.05, 3.63) is 67.6 Å². The molecule has 0 radical (unpaired) electrons. The molecule has 0 saturated heterocycles. The second-order valence-corrected chi connectivity index (χ2v) is 9.26. The lowest BCUT2D eigenvalue weighted by Gasteiger charge is -2.31. The summed E-state index contributed by atoms with van der Waals surface area (Å²) in [4.78, 5) is 17.0. The van der Waals surface area contributed by atoms with Gasteiger partial charge in [0.2, 0.25) is 0 Å². The smallest absolute Gasteiger partial charge is 0.159 e. The summed E-state index contributed by atoms with van der Waals surface area (Å²) in [5.41, 5.74) is 7.82. The first-order valence-corrected chi connectivity index (χ1v) is 12.0. The van der Waals surface area contributed by atoms with Gasteiger partial charge in [-0.15, -0.1) is 0 Å². The van der Waals surface area contributed by atoms with Crippen molar-refractivity contribution in [3.63, 3.8) is 0 Å². The molecule has 4 N–H and O–H groups in total. The minimum Gasteiger partial charge on any atom is -0.472 e. The molecule has 0 spiro atoms. The standard InChI is InChI=1S/C27H23N7O2/c35-27(15-2-1-3-15)30-19-8-18(10-28-11-19)16-4-5-22-20(9-16)25(34-33-22)26-31-23-13-29-12-21(24(23)32-26)17-6-7-36-14-17/h4-15,27,30,35H,1-3H2,(H,31,32)(H,33,34). The highest BCUT2D eigenvalue weighted by atomic mass is 16.3. The van der Waals surface area contributed by atoms with Gasteiger partial charge in [-0.3, -0.25) is 15.1 Å². The van der Waals surface area contributed by atoms with Gasteiger partial charge in [-0.2, -0.15) is 5.10 Å². The van der Waals surface area contributed by atoms with Gasteiger partial charge in [0.25, 0.3) is 0 Å². The van der Waals surface area contributed by atoms with Crippen LogP contribution in [0.1, 0.15) is 19.3 Å². The van der Waals surface area contributed by atoms with E-state index in [1.807, 2.05) is 30.5 Å². The van der Waals surface area contributed by atoms with Gasteiger partial charge in [0.05, 0.1) is 41.6 Å². The number of aliphatic hydroxyl groups excluding tert-OH is 1. The Kier molecular flexibility index (Phi) is 4.81. The molecule has 1 fully saturated rings. The number of rotatable bonds is 6. The highest BCUT2D eigenvalue weighted by Gasteiger charge is 2.25. The number of imidazole rings is 1. The molecular weight excluding hydrogens is 454 g/mol. The van der Waals surface area contributed by atoms with Gasteiger partial charge in [0.15, 0.2) is 5.82 Å². The van der Waals surface area contributed by atoms with Crippen LogP contribution in [-0.4, -0.2) is 41.5 Å². The molecule has 0 aliphatic heterocycles. The van der Waals surface area contributed by atoms with Crippen LogP contribution in [0.25, 0.3) is 55.7 Å². The SMILES string of the molecule is OC(Nc1cncc(-c2ccc3[nH]nc(-c4nc5c(-c6ccoc6)cncc5[nH]4)c3c2)c1)C1CCC1. The Bertz CT molecular complexity index is 1680. The molecule has 0 bridgehead atoms. The number of pyridine rings is 2. The topological polar surface area (TPSA) is 129 Å². The van der Waals surface area contributed by atoms with Crippen molar-refractivity contribution in [2.24, 2.45) is 5.92 Å². The van der Waals surface area contributed by atoms with Gasteiger partial charge in [0.1, 0.15) is 17.4 Å². The van der Waals surface area contributed by atoms with Gasteiger partial charge in [-0.25, -0.2) is 4.98 Å². The van der Waals surface area contributed by atoms with Crippen LogP contribution in [0.5, 0.6) is 0 Å². The maximum Gasteiger partial charge on any atom is 0.159 e. The van der Waals surface area contributed by atoms with Crippen molar-refractivity contribution >= 4 is 27.6 Å². The number of fused-ring (bicyclic) bond motifs is 2. The van der Waals surface area contributed by atoms with Gasteiger partial charge >= 0.3 is 0 Å². The molecular formula is C27H23N7O2. The van der Waals surface area contributed by atoms with Crippen LogP contribution in [-0.2, 0) is 0 Å². The van der Waals surface area contributed by atoms with Gasteiger partial charge in [0, 0.05) is 40.4 Å². The molecule has 1 saturated carbocycles. The number of benzene rings is 1. The van der Waals surface area contributed by atoms with Crippen LogP contribution in [0.2, 0.25) is 0 Å². The normalized spacial score (nSPS) is 14.8. The van der Waals surface area contributed by atoms with E-state index < -0.39 is 6.23 Å². The lowest BCUT2D eigenvalue weighted by atomic mass is 9.84. The Hall–Kier alpha value is -4.50. The summed E-state index contributed by atoms with van der Waals surface area (Å²) in [5.74, 6) is 0.967. The maximum atomic E-state index is 10.4. The average molecular weight is 478 g/mol. The summed E-state index contributed by atoms with van der Waals surface area (Å²) in [6.45, 7) is 0. The minimum absolute atomic E-state index is 0.312. The molecule has 36 heavy (non-hydrogen) atoms. The van der Waals surface area contributed by atoms with Crippen molar-refractivity contribution in [1.82, 2.24) is 30.1 Å². The van der Waals surface area contributed by atoms with E-state index in [0.717, 1.165) is 68.4 Å². The zero-order valence-electron chi connectivity index (χ0n) is 19.3. The highest BCUT2D eigenvalue weighted by molar-refractivity contribution is 5.98. The lowest BCUT2D eigenvalue weighted by molar-refractivity contribution is 0.0851. The second kappa shape index (κ2) is 8.31. The van der Waals surface area contributed by atoms with Gasteiger partial charge in [-0.1, -0.05) is 12.5 Å². The number of aromatic amines is 2. The molecule has 5 aromatic heterocycles. The van der Waals surface area contributed by atoms with Crippen molar-refractivity contribution in [3.8, 4) is 33.8 Å². The second-order valence-electron chi connectivity index (χ2n) is 9.26. The zero-order valence-corrected chi connectivity index (χ0v) is 19.3. The molecule has 1 unspecified atom stereocenters. The Morgan fingerprint density at radius 2 is 1.89 bits per heavy atom. The molecule has 9 nitrogen and oxygen atoms in total. The van der Waals surface area contributed by atoms with Crippen molar-refractivity contribution < 1.29 is 9.52 Å². The van der Waals surface area contributed by atoms with E-state index in [9.17, 15) is 5.11 Å². The molecule has 5 heterocycles. The lowest BCUT2D eigenvalue weighted by Crippen LogP contribution is -2.33. The zero-order chi connectivity index (χ0) is 24.1. The fourth-order valence-electron chi connectivity index (χ4n) is 4.77. The molecule has 0 amide bonds. The van der Waals surface area contributed by atoms with E-state index in [1.54, 1.807) is 31.1 Å². The number of hydrogen-bond acceptors (Lipinski definition) is 7. The number of aliphatic hydroxyl groups is 1. The van der Waals surface area contributed by atoms with Crippen molar-refractivity contribution in [2.75, 3.05) is 5.32 Å². The Balaban J connectivity index is 1.26. The summed E-state index contributed by atoms with van der Waals surface area (Å²) in [7, 11) is 0. The fourth-order valence-corrected chi connectivity index (χ4v) is 4.77. The Morgan fingerprint density at radius 1 is 0.972 bits per heavy atom. The minimum atomic E-state index is -0.548.